The third kappa shape index (κ3) is 4.91. The van der Waals surface area contributed by atoms with E-state index in [1.165, 1.54) is 11.3 Å². The minimum atomic E-state index is -0.886. The second-order valence-corrected chi connectivity index (χ2v) is 14.1. The van der Waals surface area contributed by atoms with Gasteiger partial charge >= 0.3 is 6.01 Å². The lowest BCUT2D eigenvalue weighted by atomic mass is 9.72. The minimum absolute atomic E-state index is 0.101. The lowest BCUT2D eigenvalue weighted by molar-refractivity contribution is 0.0443. The summed E-state index contributed by atoms with van der Waals surface area (Å²) in [5, 5.41) is 25.4. The van der Waals surface area contributed by atoms with Crippen LogP contribution in [-0.2, 0) is 11.8 Å². The number of ether oxygens (including phenoxy) is 1. The molecule has 0 spiro atoms. The van der Waals surface area contributed by atoms with Gasteiger partial charge in [0.05, 0.1) is 22.1 Å². The Hall–Kier alpha value is -3.41. The third-order valence-corrected chi connectivity index (χ3v) is 10.7. The van der Waals surface area contributed by atoms with Gasteiger partial charge < -0.3 is 25.0 Å². The molecule has 14 heteroatoms. The largest absolute Gasteiger partial charge is 0.461 e. The molecule has 43 heavy (non-hydrogen) atoms. The number of alkyl halides is 1. The summed E-state index contributed by atoms with van der Waals surface area (Å²) in [6.45, 7) is 6.37. The number of piperidine rings is 1. The van der Waals surface area contributed by atoms with E-state index in [2.05, 4.69) is 26.1 Å². The van der Waals surface area contributed by atoms with Crippen LogP contribution in [0.5, 0.6) is 6.01 Å². The van der Waals surface area contributed by atoms with Crippen molar-refractivity contribution < 1.29 is 18.8 Å². The Labute approximate surface area is 253 Å². The number of fused-ring (bicyclic) bond motifs is 2. The number of nitrogen functional groups attached to an aromatic ring is 1. The predicted molar refractivity (Wildman–Crippen MR) is 157 cm³/mol. The van der Waals surface area contributed by atoms with E-state index >= 15 is 0 Å². The summed E-state index contributed by atoms with van der Waals surface area (Å²) in [6, 6.07) is 2.37. The fourth-order valence-corrected chi connectivity index (χ4v) is 8.73. The highest BCUT2D eigenvalue weighted by Gasteiger charge is 2.49. The van der Waals surface area contributed by atoms with Gasteiger partial charge in [-0.1, -0.05) is 5.16 Å². The third-order valence-electron chi connectivity index (χ3n) is 9.64. The first-order valence-corrected chi connectivity index (χ1v) is 15.8. The van der Waals surface area contributed by atoms with Crippen LogP contribution in [0.4, 0.5) is 15.3 Å². The van der Waals surface area contributed by atoms with E-state index in [-0.39, 0.29) is 29.8 Å². The molecule has 3 fully saturated rings. The number of β-amino-alcohol motifs (C(OH)–C–C–N with tert-alkyl or cyclic N) is 1. The molecule has 3 aromatic rings. The average molecular weight is 610 g/mol. The quantitative estimate of drug-likeness (QED) is 0.419. The fraction of sp³-hybridized carbons (Fsp3) is 0.655. The first-order chi connectivity index (χ1) is 20.6. The summed E-state index contributed by atoms with van der Waals surface area (Å²) in [6.07, 6.45) is 5.35. The topological polar surface area (TPSA) is 163 Å². The molecule has 0 bridgehead atoms. The summed E-state index contributed by atoms with van der Waals surface area (Å²) < 4.78 is 26.5. The standard InChI is InChI=1S/C29H36FN9O3S/c1-27(40)7-4-10-38(15-27)25-34-22(35-26(36-25)41-16-29-9-5-11-39(29)14-17(30)12-29)23-33-24(42-37-23)28(2)8-3-6-19-20(28)18(13-31)21(32)43-19/h17,40H,3-12,14-16,32H2,1-2H3/t17-,27-,28+,29+/m1/s1. The van der Waals surface area contributed by atoms with Crippen molar-refractivity contribution in [2.24, 2.45) is 0 Å². The van der Waals surface area contributed by atoms with Crippen molar-refractivity contribution >= 4 is 22.3 Å². The van der Waals surface area contributed by atoms with Crippen LogP contribution < -0.4 is 15.4 Å². The highest BCUT2D eigenvalue weighted by molar-refractivity contribution is 7.16. The summed E-state index contributed by atoms with van der Waals surface area (Å²) in [4.78, 5) is 23.8. The number of aromatic nitrogens is 5. The molecule has 0 radical (unpaired) electrons. The molecule has 0 saturated carbocycles. The average Bonchev–Trinajstić information content (AvgIpc) is 3.74. The predicted octanol–water partition coefficient (Wildman–Crippen LogP) is 3.39. The highest BCUT2D eigenvalue weighted by atomic mass is 32.1. The van der Waals surface area contributed by atoms with E-state index in [1.54, 1.807) is 6.92 Å². The van der Waals surface area contributed by atoms with Crippen molar-refractivity contribution in [3.63, 3.8) is 0 Å². The van der Waals surface area contributed by atoms with Gasteiger partial charge in [0.1, 0.15) is 23.8 Å². The van der Waals surface area contributed by atoms with Gasteiger partial charge in [0, 0.05) is 36.5 Å². The molecule has 3 aromatic heterocycles. The van der Waals surface area contributed by atoms with E-state index < -0.39 is 17.2 Å². The van der Waals surface area contributed by atoms with Gasteiger partial charge in [-0.15, -0.1) is 11.3 Å². The zero-order valence-corrected chi connectivity index (χ0v) is 25.3. The molecule has 0 unspecified atom stereocenters. The number of halogens is 1. The zero-order valence-electron chi connectivity index (χ0n) is 24.5. The van der Waals surface area contributed by atoms with Crippen molar-refractivity contribution in [2.45, 2.75) is 87.9 Å². The van der Waals surface area contributed by atoms with Gasteiger partial charge in [-0.2, -0.15) is 25.2 Å². The van der Waals surface area contributed by atoms with Gasteiger partial charge in [-0.3, -0.25) is 4.90 Å². The number of aryl methyl sites for hydroxylation is 1. The lowest BCUT2D eigenvalue weighted by Crippen LogP contribution is -2.47. The summed E-state index contributed by atoms with van der Waals surface area (Å²) in [5.74, 6) is 1.07. The molecule has 6 heterocycles. The van der Waals surface area contributed by atoms with Crippen LogP contribution in [-0.4, -0.2) is 85.2 Å². The molecule has 4 aliphatic rings. The first kappa shape index (κ1) is 28.4. The molecule has 1 aliphatic carbocycles. The van der Waals surface area contributed by atoms with Gasteiger partial charge in [-0.25, -0.2) is 4.39 Å². The Morgan fingerprint density at radius 2 is 1.98 bits per heavy atom. The summed E-state index contributed by atoms with van der Waals surface area (Å²) in [5.41, 5.74) is 5.60. The van der Waals surface area contributed by atoms with Gasteiger partial charge in [0.2, 0.25) is 23.5 Å². The number of hydrogen-bond acceptors (Lipinski definition) is 13. The Morgan fingerprint density at radius 3 is 2.79 bits per heavy atom. The van der Waals surface area contributed by atoms with Crippen molar-refractivity contribution in [1.82, 2.24) is 30.0 Å². The summed E-state index contributed by atoms with van der Waals surface area (Å²) in [7, 11) is 0. The number of nitrogens with zero attached hydrogens (tertiary/aromatic N) is 8. The molecule has 0 aromatic carbocycles. The maximum absolute atomic E-state index is 14.4. The van der Waals surface area contributed by atoms with Crippen LogP contribution >= 0.6 is 11.3 Å². The second-order valence-electron chi connectivity index (χ2n) is 13.0. The number of nitriles is 1. The minimum Gasteiger partial charge on any atom is -0.461 e. The maximum atomic E-state index is 14.4. The number of rotatable bonds is 6. The van der Waals surface area contributed by atoms with Crippen molar-refractivity contribution in [3.8, 4) is 23.7 Å². The Kier molecular flexibility index (Phi) is 6.83. The number of nitrogens with two attached hydrogens (primary N) is 1. The molecule has 0 amide bonds. The Morgan fingerprint density at radius 1 is 1.14 bits per heavy atom. The van der Waals surface area contributed by atoms with E-state index in [9.17, 15) is 14.8 Å². The van der Waals surface area contributed by atoms with Gasteiger partial charge in [-0.05, 0) is 65.3 Å². The normalized spacial score (nSPS) is 30.7. The van der Waals surface area contributed by atoms with Gasteiger partial charge in [0.15, 0.2) is 0 Å². The first-order valence-electron chi connectivity index (χ1n) is 15.0. The second kappa shape index (κ2) is 10.3. The maximum Gasteiger partial charge on any atom is 0.321 e. The van der Waals surface area contributed by atoms with E-state index in [0.29, 0.717) is 54.9 Å². The van der Waals surface area contributed by atoms with Crippen LogP contribution in [0, 0.1) is 11.3 Å². The smallest absolute Gasteiger partial charge is 0.321 e. The van der Waals surface area contributed by atoms with Crippen LogP contribution in [0.15, 0.2) is 4.52 Å². The Bertz CT molecular complexity index is 1590. The molecule has 228 valence electrons. The number of thiophene rings is 1. The molecule has 3 N–H and O–H groups in total. The van der Waals surface area contributed by atoms with Crippen LogP contribution in [0.1, 0.15) is 80.7 Å². The molecule has 7 rings (SSSR count). The number of aliphatic hydroxyl groups is 1. The molecule has 3 aliphatic heterocycles. The van der Waals surface area contributed by atoms with Gasteiger partial charge in [0.25, 0.3) is 0 Å². The van der Waals surface area contributed by atoms with E-state index in [0.717, 1.165) is 55.5 Å². The monoisotopic (exact) mass is 609 g/mol. The zero-order chi connectivity index (χ0) is 30.0. The van der Waals surface area contributed by atoms with Crippen LogP contribution in [0.25, 0.3) is 11.6 Å². The SMILES string of the molecule is C[C@@]1(O)CCCN(c2nc(OC[C@@]34CCCN3C[C@H](F)C4)nc(-c3noc([C@@]4(C)CCCc5sc(N)c(C#N)c54)n3)n2)C1. The van der Waals surface area contributed by atoms with Crippen molar-refractivity contribution in [2.75, 3.05) is 43.4 Å². The number of hydrogen-bond donors (Lipinski definition) is 2. The van der Waals surface area contributed by atoms with Crippen LogP contribution in [0.3, 0.4) is 0 Å². The van der Waals surface area contributed by atoms with Crippen molar-refractivity contribution in [3.05, 3.63) is 21.9 Å². The molecule has 4 atom stereocenters. The van der Waals surface area contributed by atoms with Crippen molar-refractivity contribution in [1.29, 1.82) is 5.26 Å². The Balaban J connectivity index is 1.24. The molecular formula is C29H36FN9O3S. The lowest BCUT2D eigenvalue weighted by Gasteiger charge is -2.36. The highest BCUT2D eigenvalue weighted by Crippen LogP contribution is 2.48. The van der Waals surface area contributed by atoms with Crippen LogP contribution in [0.2, 0.25) is 0 Å². The van der Waals surface area contributed by atoms with E-state index in [4.69, 9.17) is 25.0 Å². The molecule has 3 saturated heterocycles. The number of anilines is 2. The molecule has 12 nitrogen and oxygen atoms in total. The molecular weight excluding hydrogens is 573 g/mol. The fourth-order valence-electron chi connectivity index (χ4n) is 7.54. The summed E-state index contributed by atoms with van der Waals surface area (Å²) >= 11 is 1.45. The van der Waals surface area contributed by atoms with E-state index in [1.807, 2.05) is 11.8 Å².